The van der Waals surface area contributed by atoms with Crippen molar-refractivity contribution in [3.8, 4) is 12.3 Å². The van der Waals surface area contributed by atoms with E-state index in [0.29, 0.717) is 0 Å². The SMILES string of the molecule is C#C[C@]1(O)CC[C@H]1C=C(C)C. The second kappa shape index (κ2) is 2.71. The summed E-state index contributed by atoms with van der Waals surface area (Å²) >= 11 is 0. The van der Waals surface area contributed by atoms with E-state index in [2.05, 4.69) is 12.0 Å². The highest BCUT2D eigenvalue weighted by Gasteiger charge is 2.41. The smallest absolute Gasteiger partial charge is 0.131 e. The molecule has 1 aliphatic carbocycles. The predicted octanol–water partition coefficient (Wildman–Crippen LogP) is 1.73. The molecule has 60 valence electrons. The van der Waals surface area contributed by atoms with Gasteiger partial charge in [0.05, 0.1) is 0 Å². The van der Waals surface area contributed by atoms with Crippen LogP contribution in [0.25, 0.3) is 0 Å². The molecular weight excluding hydrogens is 136 g/mol. The van der Waals surface area contributed by atoms with Crippen LogP contribution in [0.1, 0.15) is 26.7 Å². The van der Waals surface area contributed by atoms with Crippen LogP contribution >= 0.6 is 0 Å². The van der Waals surface area contributed by atoms with Crippen LogP contribution in [0.4, 0.5) is 0 Å². The van der Waals surface area contributed by atoms with Crippen molar-refractivity contribution in [2.45, 2.75) is 32.3 Å². The lowest BCUT2D eigenvalue weighted by atomic mass is 9.69. The largest absolute Gasteiger partial charge is 0.377 e. The van der Waals surface area contributed by atoms with Crippen LogP contribution in [0.5, 0.6) is 0 Å². The van der Waals surface area contributed by atoms with Gasteiger partial charge in [-0.15, -0.1) is 6.42 Å². The molecule has 0 aromatic heterocycles. The van der Waals surface area contributed by atoms with Gasteiger partial charge in [-0.1, -0.05) is 17.6 Å². The second-order valence-electron chi connectivity index (χ2n) is 3.46. The van der Waals surface area contributed by atoms with E-state index in [4.69, 9.17) is 6.42 Å². The molecule has 1 heteroatoms. The minimum Gasteiger partial charge on any atom is -0.377 e. The zero-order valence-corrected chi connectivity index (χ0v) is 7.09. The molecule has 0 radical (unpaired) electrons. The van der Waals surface area contributed by atoms with Gasteiger partial charge in [0.25, 0.3) is 0 Å². The number of hydrogen-bond acceptors (Lipinski definition) is 1. The maximum absolute atomic E-state index is 9.65. The van der Waals surface area contributed by atoms with Crippen molar-refractivity contribution in [2.24, 2.45) is 5.92 Å². The van der Waals surface area contributed by atoms with Crippen molar-refractivity contribution < 1.29 is 5.11 Å². The molecular formula is C10H14O. The number of rotatable bonds is 1. The van der Waals surface area contributed by atoms with Crippen LogP contribution in [0.15, 0.2) is 11.6 Å². The topological polar surface area (TPSA) is 20.2 Å². The summed E-state index contributed by atoms with van der Waals surface area (Å²) in [7, 11) is 0. The van der Waals surface area contributed by atoms with Crippen LogP contribution in [-0.4, -0.2) is 10.7 Å². The van der Waals surface area contributed by atoms with Crippen molar-refractivity contribution in [1.82, 2.24) is 0 Å². The van der Waals surface area contributed by atoms with E-state index >= 15 is 0 Å². The maximum Gasteiger partial charge on any atom is 0.131 e. The first-order valence-electron chi connectivity index (χ1n) is 3.93. The van der Waals surface area contributed by atoms with Gasteiger partial charge < -0.3 is 5.11 Å². The molecule has 1 nitrogen and oxygen atoms in total. The molecule has 11 heavy (non-hydrogen) atoms. The average molecular weight is 150 g/mol. The molecule has 1 N–H and O–H groups in total. The molecule has 0 aliphatic heterocycles. The first-order valence-corrected chi connectivity index (χ1v) is 3.93. The fourth-order valence-corrected chi connectivity index (χ4v) is 1.39. The Kier molecular flexibility index (Phi) is 2.06. The van der Waals surface area contributed by atoms with Gasteiger partial charge in [0, 0.05) is 5.92 Å². The third-order valence-corrected chi connectivity index (χ3v) is 2.23. The van der Waals surface area contributed by atoms with E-state index < -0.39 is 5.60 Å². The van der Waals surface area contributed by atoms with Gasteiger partial charge in [0.15, 0.2) is 0 Å². The van der Waals surface area contributed by atoms with E-state index in [9.17, 15) is 5.11 Å². The summed E-state index contributed by atoms with van der Waals surface area (Å²) in [6.07, 6.45) is 9.03. The van der Waals surface area contributed by atoms with Crippen molar-refractivity contribution in [3.63, 3.8) is 0 Å². The molecule has 0 saturated heterocycles. The Morgan fingerprint density at radius 2 is 2.36 bits per heavy atom. The average Bonchev–Trinajstić information content (AvgIpc) is 1.96. The van der Waals surface area contributed by atoms with Gasteiger partial charge in [0.1, 0.15) is 5.60 Å². The van der Waals surface area contributed by atoms with Crippen LogP contribution in [0.2, 0.25) is 0 Å². The number of hydrogen-bond donors (Lipinski definition) is 1. The quantitative estimate of drug-likeness (QED) is 0.446. The highest BCUT2D eigenvalue weighted by atomic mass is 16.3. The third-order valence-electron chi connectivity index (χ3n) is 2.23. The molecule has 1 fully saturated rings. The van der Waals surface area contributed by atoms with Gasteiger partial charge in [-0.2, -0.15) is 0 Å². The molecule has 0 amide bonds. The van der Waals surface area contributed by atoms with E-state index in [0.717, 1.165) is 12.8 Å². The first kappa shape index (κ1) is 8.36. The summed E-state index contributed by atoms with van der Waals surface area (Å²) in [5, 5.41) is 9.65. The normalized spacial score (nSPS) is 35.3. The lowest BCUT2D eigenvalue weighted by Crippen LogP contribution is -2.44. The van der Waals surface area contributed by atoms with Gasteiger partial charge >= 0.3 is 0 Å². The Bertz CT molecular complexity index is 218. The maximum atomic E-state index is 9.65. The first-order chi connectivity index (χ1) is 5.08. The summed E-state index contributed by atoms with van der Waals surface area (Å²) in [5.41, 5.74) is 0.389. The lowest BCUT2D eigenvalue weighted by molar-refractivity contribution is -0.0192. The van der Waals surface area contributed by atoms with E-state index in [1.165, 1.54) is 5.57 Å². The van der Waals surface area contributed by atoms with Gasteiger partial charge in [0.2, 0.25) is 0 Å². The molecule has 1 aliphatic rings. The fraction of sp³-hybridized carbons (Fsp3) is 0.600. The zero-order chi connectivity index (χ0) is 8.48. The van der Waals surface area contributed by atoms with Gasteiger partial charge in [-0.05, 0) is 26.7 Å². The van der Waals surface area contributed by atoms with E-state index in [1.54, 1.807) is 0 Å². The van der Waals surface area contributed by atoms with Crippen molar-refractivity contribution in [3.05, 3.63) is 11.6 Å². The Labute approximate surface area is 68.1 Å². The highest BCUT2D eigenvalue weighted by Crippen LogP contribution is 2.39. The molecule has 0 aromatic rings. The zero-order valence-electron chi connectivity index (χ0n) is 7.09. The Morgan fingerprint density at radius 1 is 1.73 bits per heavy atom. The highest BCUT2D eigenvalue weighted by molar-refractivity contribution is 5.22. The molecule has 0 heterocycles. The molecule has 0 spiro atoms. The van der Waals surface area contributed by atoms with Crippen molar-refractivity contribution >= 4 is 0 Å². The summed E-state index contributed by atoms with van der Waals surface area (Å²) in [6.45, 7) is 4.05. The van der Waals surface area contributed by atoms with Crippen LogP contribution < -0.4 is 0 Å². The number of terminal acetylenes is 1. The summed E-state index contributed by atoms with van der Waals surface area (Å²) in [4.78, 5) is 0. The number of allylic oxidation sites excluding steroid dienone is 1. The van der Waals surface area contributed by atoms with Crippen LogP contribution in [-0.2, 0) is 0 Å². The standard InChI is InChI=1S/C10H14O/c1-4-10(11)6-5-9(10)7-8(2)3/h1,7,9,11H,5-6H2,2-3H3/t9-,10-/m0/s1. The summed E-state index contributed by atoms with van der Waals surface area (Å²) in [5.74, 6) is 2.64. The Hall–Kier alpha value is -0.740. The molecule has 0 unspecified atom stereocenters. The molecule has 0 aromatic carbocycles. The van der Waals surface area contributed by atoms with Crippen LogP contribution in [0.3, 0.4) is 0 Å². The second-order valence-corrected chi connectivity index (χ2v) is 3.46. The van der Waals surface area contributed by atoms with E-state index in [-0.39, 0.29) is 5.92 Å². The van der Waals surface area contributed by atoms with E-state index in [1.807, 2.05) is 13.8 Å². The monoisotopic (exact) mass is 150 g/mol. The molecule has 1 rings (SSSR count). The van der Waals surface area contributed by atoms with Crippen molar-refractivity contribution in [1.29, 1.82) is 0 Å². The summed E-state index contributed by atoms with van der Waals surface area (Å²) in [6, 6.07) is 0. The van der Waals surface area contributed by atoms with Gasteiger partial charge in [-0.25, -0.2) is 0 Å². The van der Waals surface area contributed by atoms with Crippen molar-refractivity contribution in [2.75, 3.05) is 0 Å². The summed E-state index contributed by atoms with van der Waals surface area (Å²) < 4.78 is 0. The molecule has 2 atom stereocenters. The van der Waals surface area contributed by atoms with Crippen LogP contribution in [0, 0.1) is 18.3 Å². The van der Waals surface area contributed by atoms with Gasteiger partial charge in [-0.3, -0.25) is 0 Å². The fourth-order valence-electron chi connectivity index (χ4n) is 1.39. The molecule has 1 saturated carbocycles. The third kappa shape index (κ3) is 1.46. The predicted molar refractivity (Wildman–Crippen MR) is 45.9 cm³/mol. The Balaban J connectivity index is 2.65. The minimum absolute atomic E-state index is 0.192. The lowest BCUT2D eigenvalue weighted by Gasteiger charge is -2.39. The molecule has 0 bridgehead atoms. The minimum atomic E-state index is -0.836. The number of aliphatic hydroxyl groups is 1. The Morgan fingerprint density at radius 3 is 2.64 bits per heavy atom.